The Balaban J connectivity index is 1.90. The van der Waals surface area contributed by atoms with E-state index < -0.39 is 26.0 Å². The van der Waals surface area contributed by atoms with Gasteiger partial charge in [0.15, 0.2) is 9.84 Å². The van der Waals surface area contributed by atoms with Crippen LogP contribution in [0.2, 0.25) is 0 Å². The van der Waals surface area contributed by atoms with Crippen molar-refractivity contribution in [3.8, 4) is 0 Å². The molecule has 7 nitrogen and oxygen atoms in total. The lowest BCUT2D eigenvalue weighted by atomic mass is 9.96. The van der Waals surface area contributed by atoms with Crippen LogP contribution in [0.25, 0.3) is 0 Å². The van der Waals surface area contributed by atoms with Gasteiger partial charge in [-0.15, -0.1) is 0 Å². The molecular weight excluding hydrogens is 294 g/mol. The number of amides is 2. The van der Waals surface area contributed by atoms with Gasteiger partial charge in [0.25, 0.3) is 0 Å². The molecule has 0 aromatic rings. The average molecular weight is 315 g/mol. The van der Waals surface area contributed by atoms with Gasteiger partial charge in [-0.05, 0) is 20.9 Å². The first-order chi connectivity index (χ1) is 9.68. The lowest BCUT2D eigenvalue weighted by molar-refractivity contribution is -0.154. The van der Waals surface area contributed by atoms with E-state index in [2.05, 4.69) is 4.90 Å². The molecule has 2 atom stereocenters. The topological polar surface area (TPSA) is 78.0 Å². The van der Waals surface area contributed by atoms with E-state index in [0.717, 1.165) is 13.1 Å². The number of β-lactam (4-membered cyclic amide) rings is 1. The van der Waals surface area contributed by atoms with Crippen molar-refractivity contribution < 1.29 is 18.0 Å². The monoisotopic (exact) mass is 315 g/mol. The first kappa shape index (κ1) is 14.8. The van der Waals surface area contributed by atoms with Crippen molar-refractivity contribution in [2.45, 2.75) is 36.4 Å². The molecule has 0 unspecified atom stereocenters. The molecule has 3 saturated heterocycles. The van der Waals surface area contributed by atoms with Gasteiger partial charge in [-0.3, -0.25) is 9.59 Å². The number of likely N-dealkylation sites (N-methyl/N-ethyl adjacent to an activating group) is 1. The molecule has 3 aliphatic heterocycles. The number of piperazine rings is 1. The normalized spacial score (nSPS) is 34.5. The Hall–Kier alpha value is -1.15. The van der Waals surface area contributed by atoms with Gasteiger partial charge in [-0.2, -0.15) is 0 Å². The molecule has 0 saturated carbocycles. The maximum atomic E-state index is 12.8. The number of hydrogen-bond acceptors (Lipinski definition) is 5. The predicted molar refractivity (Wildman–Crippen MR) is 76.1 cm³/mol. The van der Waals surface area contributed by atoms with Gasteiger partial charge in [-0.1, -0.05) is 0 Å². The highest BCUT2D eigenvalue weighted by atomic mass is 32.2. The lowest BCUT2D eigenvalue weighted by Gasteiger charge is -2.41. The second-order valence-electron chi connectivity index (χ2n) is 6.64. The molecule has 3 heterocycles. The van der Waals surface area contributed by atoms with Crippen LogP contribution < -0.4 is 0 Å². The highest BCUT2D eigenvalue weighted by molar-refractivity contribution is 7.93. The van der Waals surface area contributed by atoms with Crippen molar-refractivity contribution in [2.24, 2.45) is 0 Å². The SMILES string of the molecule is CN1CCN(C(=O)[C@H]2N3C(=O)C[C@H]3S(=O)(=O)C2(C)C)CC1. The summed E-state index contributed by atoms with van der Waals surface area (Å²) in [6.45, 7) is 5.81. The molecule has 3 aliphatic rings. The summed E-state index contributed by atoms with van der Waals surface area (Å²) in [6.07, 6.45) is 0.0122. The summed E-state index contributed by atoms with van der Waals surface area (Å²) in [7, 11) is -1.51. The van der Waals surface area contributed by atoms with Gasteiger partial charge in [0, 0.05) is 26.2 Å². The van der Waals surface area contributed by atoms with Crippen LogP contribution in [0.1, 0.15) is 20.3 Å². The van der Waals surface area contributed by atoms with Crippen LogP contribution in [-0.2, 0) is 19.4 Å². The van der Waals surface area contributed by atoms with Crippen LogP contribution in [0.3, 0.4) is 0 Å². The fraction of sp³-hybridized carbons (Fsp3) is 0.846. The molecule has 8 heteroatoms. The fourth-order valence-electron chi connectivity index (χ4n) is 3.43. The van der Waals surface area contributed by atoms with E-state index in [1.165, 1.54) is 4.90 Å². The molecule has 0 bridgehead atoms. The van der Waals surface area contributed by atoms with E-state index in [1.807, 2.05) is 7.05 Å². The summed E-state index contributed by atoms with van der Waals surface area (Å²) in [6, 6.07) is -0.878. The fourth-order valence-corrected chi connectivity index (χ4v) is 5.56. The van der Waals surface area contributed by atoms with Crippen molar-refractivity contribution in [2.75, 3.05) is 33.2 Å². The molecule has 118 valence electrons. The predicted octanol–water partition coefficient (Wildman–Crippen LogP) is -1.11. The van der Waals surface area contributed by atoms with Crippen molar-refractivity contribution in [1.82, 2.24) is 14.7 Å². The van der Waals surface area contributed by atoms with Crippen molar-refractivity contribution in [3.63, 3.8) is 0 Å². The molecule has 0 aliphatic carbocycles. The highest BCUT2D eigenvalue weighted by Crippen LogP contribution is 2.46. The van der Waals surface area contributed by atoms with Crippen LogP contribution in [0.15, 0.2) is 0 Å². The Morgan fingerprint density at radius 2 is 1.76 bits per heavy atom. The first-order valence-electron chi connectivity index (χ1n) is 7.20. The Kier molecular flexibility index (Phi) is 3.11. The standard InChI is InChI=1S/C13H21N3O4S/c1-13(2)11(12(18)15-6-4-14(3)5-7-15)16-9(17)8-10(16)21(13,19)20/h10-11H,4-8H2,1-3H3/t10-,11-/m1/s1. The van der Waals surface area contributed by atoms with E-state index in [4.69, 9.17) is 0 Å². The number of carbonyl (C=O) groups excluding carboxylic acids is 2. The number of fused-ring (bicyclic) bond motifs is 1. The van der Waals surface area contributed by atoms with E-state index in [0.29, 0.717) is 13.1 Å². The Morgan fingerprint density at radius 3 is 2.29 bits per heavy atom. The molecule has 0 spiro atoms. The Bertz CT molecular complexity index is 593. The van der Waals surface area contributed by atoms with E-state index in [1.54, 1.807) is 18.7 Å². The lowest BCUT2D eigenvalue weighted by Crippen LogP contribution is -2.61. The zero-order valence-electron chi connectivity index (χ0n) is 12.6. The summed E-state index contributed by atoms with van der Waals surface area (Å²) in [4.78, 5) is 29.7. The minimum absolute atomic E-state index is 0.0122. The van der Waals surface area contributed by atoms with Crippen LogP contribution in [0, 0.1) is 0 Å². The maximum Gasteiger partial charge on any atom is 0.247 e. The summed E-state index contributed by atoms with van der Waals surface area (Å²) in [5.74, 6) is -0.464. The molecule has 0 aromatic heterocycles. The van der Waals surface area contributed by atoms with Gasteiger partial charge in [-0.25, -0.2) is 8.42 Å². The zero-order chi connectivity index (χ0) is 15.6. The number of hydrogen-bond donors (Lipinski definition) is 0. The van der Waals surface area contributed by atoms with Crippen molar-refractivity contribution >= 4 is 21.7 Å². The molecule has 3 fully saturated rings. The molecule has 0 radical (unpaired) electrons. The van der Waals surface area contributed by atoms with E-state index in [-0.39, 0.29) is 18.2 Å². The summed E-state index contributed by atoms with van der Waals surface area (Å²) in [5, 5.41) is -0.804. The second kappa shape index (κ2) is 4.42. The van der Waals surface area contributed by atoms with Crippen LogP contribution in [0.4, 0.5) is 0 Å². The largest absolute Gasteiger partial charge is 0.338 e. The zero-order valence-corrected chi connectivity index (χ0v) is 13.4. The van der Waals surface area contributed by atoms with Crippen molar-refractivity contribution in [3.05, 3.63) is 0 Å². The quantitative estimate of drug-likeness (QED) is 0.574. The smallest absolute Gasteiger partial charge is 0.247 e. The van der Waals surface area contributed by atoms with Gasteiger partial charge in [0.05, 0.1) is 11.2 Å². The Labute approximate surface area is 124 Å². The van der Waals surface area contributed by atoms with Gasteiger partial charge < -0.3 is 14.7 Å². The minimum Gasteiger partial charge on any atom is -0.338 e. The van der Waals surface area contributed by atoms with Crippen LogP contribution >= 0.6 is 0 Å². The number of sulfone groups is 1. The summed E-state index contributed by atoms with van der Waals surface area (Å²) < 4.78 is 23.8. The maximum absolute atomic E-state index is 12.8. The summed E-state index contributed by atoms with van der Waals surface area (Å²) in [5.41, 5.74) is 0. The third-order valence-corrected chi connectivity index (χ3v) is 7.82. The molecule has 2 amide bonds. The molecule has 0 aromatic carbocycles. The van der Waals surface area contributed by atoms with Crippen molar-refractivity contribution in [1.29, 1.82) is 0 Å². The molecular formula is C13H21N3O4S. The average Bonchev–Trinajstić information content (AvgIpc) is 2.53. The Morgan fingerprint density at radius 1 is 1.19 bits per heavy atom. The van der Waals surface area contributed by atoms with Crippen LogP contribution in [-0.4, -0.2) is 84.3 Å². The second-order valence-corrected chi connectivity index (χ2v) is 9.33. The number of carbonyl (C=O) groups is 2. The molecule has 3 rings (SSSR count). The van der Waals surface area contributed by atoms with Gasteiger partial charge in [0.2, 0.25) is 11.8 Å². The van der Waals surface area contributed by atoms with Crippen LogP contribution in [0.5, 0.6) is 0 Å². The minimum atomic E-state index is -3.49. The molecule has 21 heavy (non-hydrogen) atoms. The van der Waals surface area contributed by atoms with Gasteiger partial charge >= 0.3 is 0 Å². The molecule has 0 N–H and O–H groups in total. The van der Waals surface area contributed by atoms with E-state index >= 15 is 0 Å². The summed E-state index contributed by atoms with van der Waals surface area (Å²) >= 11 is 0. The van der Waals surface area contributed by atoms with E-state index in [9.17, 15) is 18.0 Å². The number of nitrogens with zero attached hydrogens (tertiary/aromatic N) is 3. The first-order valence-corrected chi connectivity index (χ1v) is 8.74. The third kappa shape index (κ3) is 1.85. The third-order valence-electron chi connectivity index (χ3n) is 5.02. The highest BCUT2D eigenvalue weighted by Gasteiger charge is 2.68. The van der Waals surface area contributed by atoms with Gasteiger partial charge in [0.1, 0.15) is 11.4 Å². The number of rotatable bonds is 1.